The lowest BCUT2D eigenvalue weighted by atomic mass is 9.96. The third kappa shape index (κ3) is 3.88. The maximum absolute atomic E-state index is 2.37. The summed E-state index contributed by atoms with van der Waals surface area (Å²) in [5, 5.41) is 3.78. The zero-order chi connectivity index (χ0) is 28.2. The first-order chi connectivity index (χ1) is 20.7. The highest BCUT2D eigenvalue weighted by molar-refractivity contribution is 6.10. The molecule has 8 aromatic rings. The Morgan fingerprint density at radius 1 is 0.429 bits per heavy atom. The summed E-state index contributed by atoms with van der Waals surface area (Å²) >= 11 is 0. The van der Waals surface area contributed by atoms with E-state index in [-0.39, 0.29) is 0 Å². The molecule has 0 saturated heterocycles. The standard InChI is InChI=1S/C40H30N2/c1-27-10-6-7-13-34(27)36-26-33(19-16-28(36)2)41-23-22-31-24-29(17-20-38(31)41)30-18-21-40-37(25-30)35-14-8-9-15-39(35)42(40)32-11-4-3-5-12-32/h3-26H,1-2H3. The van der Waals surface area contributed by atoms with Crippen LogP contribution in [0, 0.1) is 13.8 Å². The van der Waals surface area contributed by atoms with Crippen molar-refractivity contribution < 1.29 is 0 Å². The van der Waals surface area contributed by atoms with E-state index >= 15 is 0 Å². The van der Waals surface area contributed by atoms with Crippen LogP contribution in [-0.4, -0.2) is 9.13 Å². The van der Waals surface area contributed by atoms with Crippen molar-refractivity contribution >= 4 is 32.7 Å². The van der Waals surface area contributed by atoms with E-state index in [4.69, 9.17) is 0 Å². The first-order valence-electron chi connectivity index (χ1n) is 14.5. The number of rotatable bonds is 4. The molecule has 0 aliphatic rings. The minimum atomic E-state index is 1.18. The van der Waals surface area contributed by atoms with Gasteiger partial charge in [-0.1, -0.05) is 78.9 Å². The quantitative estimate of drug-likeness (QED) is 0.211. The molecule has 0 saturated carbocycles. The molecule has 6 aromatic carbocycles. The predicted octanol–water partition coefficient (Wildman–Crippen LogP) is 10.7. The Labute approximate surface area is 245 Å². The summed E-state index contributed by atoms with van der Waals surface area (Å²) in [6.45, 7) is 4.38. The molecule has 0 bridgehead atoms. The molecule has 0 N–H and O–H groups in total. The summed E-state index contributed by atoms with van der Waals surface area (Å²) in [5.74, 6) is 0. The maximum Gasteiger partial charge on any atom is 0.0541 e. The second kappa shape index (κ2) is 9.64. The number of benzene rings is 6. The third-order valence-electron chi connectivity index (χ3n) is 8.65. The molecule has 2 aromatic heterocycles. The molecule has 0 unspecified atom stereocenters. The molecule has 2 heteroatoms. The van der Waals surface area contributed by atoms with Gasteiger partial charge in [-0.2, -0.15) is 0 Å². The number of nitrogens with zero attached hydrogens (tertiary/aromatic N) is 2. The van der Waals surface area contributed by atoms with E-state index in [1.54, 1.807) is 0 Å². The van der Waals surface area contributed by atoms with Crippen molar-refractivity contribution in [3.05, 3.63) is 157 Å². The zero-order valence-corrected chi connectivity index (χ0v) is 23.8. The van der Waals surface area contributed by atoms with Crippen LogP contribution in [0.2, 0.25) is 0 Å². The monoisotopic (exact) mass is 538 g/mol. The number of hydrogen-bond acceptors (Lipinski definition) is 0. The average Bonchev–Trinajstić information content (AvgIpc) is 3.61. The number of aryl methyl sites for hydroxylation is 2. The van der Waals surface area contributed by atoms with Crippen LogP contribution in [0.25, 0.3) is 66.3 Å². The van der Waals surface area contributed by atoms with Crippen molar-refractivity contribution in [2.75, 3.05) is 0 Å². The van der Waals surface area contributed by atoms with Gasteiger partial charge in [0.1, 0.15) is 0 Å². The van der Waals surface area contributed by atoms with Crippen molar-refractivity contribution in [2.24, 2.45) is 0 Å². The topological polar surface area (TPSA) is 9.86 Å². The van der Waals surface area contributed by atoms with Crippen LogP contribution >= 0.6 is 0 Å². The van der Waals surface area contributed by atoms with Crippen molar-refractivity contribution in [3.8, 4) is 33.6 Å². The SMILES string of the molecule is Cc1ccccc1-c1cc(-n2ccc3cc(-c4ccc5c(c4)c4ccccc4n5-c4ccccc4)ccc32)ccc1C. The van der Waals surface area contributed by atoms with Gasteiger partial charge in [0.25, 0.3) is 0 Å². The lowest BCUT2D eigenvalue weighted by molar-refractivity contribution is 1.12. The molecular weight excluding hydrogens is 508 g/mol. The van der Waals surface area contributed by atoms with Crippen LogP contribution in [0.4, 0.5) is 0 Å². The summed E-state index contributed by atoms with van der Waals surface area (Å²) in [4.78, 5) is 0. The van der Waals surface area contributed by atoms with Crippen molar-refractivity contribution in [1.29, 1.82) is 0 Å². The maximum atomic E-state index is 2.37. The summed E-state index contributed by atoms with van der Waals surface area (Å²) in [6.07, 6.45) is 2.19. The molecule has 0 aliphatic heterocycles. The van der Waals surface area contributed by atoms with Crippen LogP contribution in [0.1, 0.15) is 11.1 Å². The molecule has 0 fully saturated rings. The van der Waals surface area contributed by atoms with E-state index in [9.17, 15) is 0 Å². The van der Waals surface area contributed by atoms with Crippen molar-refractivity contribution in [3.63, 3.8) is 0 Å². The fourth-order valence-electron chi connectivity index (χ4n) is 6.48. The average molecular weight is 539 g/mol. The predicted molar refractivity (Wildman–Crippen MR) is 178 cm³/mol. The Morgan fingerprint density at radius 2 is 1.12 bits per heavy atom. The van der Waals surface area contributed by atoms with Crippen LogP contribution in [0.5, 0.6) is 0 Å². The van der Waals surface area contributed by atoms with Gasteiger partial charge in [-0.05, 0) is 108 Å². The molecule has 8 rings (SSSR count). The van der Waals surface area contributed by atoms with E-state index in [0.717, 1.165) is 0 Å². The Morgan fingerprint density at radius 3 is 1.98 bits per heavy atom. The number of fused-ring (bicyclic) bond motifs is 4. The fourth-order valence-corrected chi connectivity index (χ4v) is 6.48. The van der Waals surface area contributed by atoms with Gasteiger partial charge in [0.15, 0.2) is 0 Å². The zero-order valence-electron chi connectivity index (χ0n) is 23.8. The Balaban J connectivity index is 1.22. The summed E-state index contributed by atoms with van der Waals surface area (Å²) in [5.41, 5.74) is 13.6. The number of para-hydroxylation sites is 2. The largest absolute Gasteiger partial charge is 0.317 e. The highest BCUT2D eigenvalue weighted by Gasteiger charge is 2.14. The number of hydrogen-bond donors (Lipinski definition) is 0. The van der Waals surface area contributed by atoms with Gasteiger partial charge in [0.2, 0.25) is 0 Å². The van der Waals surface area contributed by atoms with Crippen LogP contribution in [0.15, 0.2) is 146 Å². The molecular formula is C40H30N2. The molecule has 0 amide bonds. The Hall–Kier alpha value is -5.34. The van der Waals surface area contributed by atoms with Crippen LogP contribution in [0.3, 0.4) is 0 Å². The molecule has 0 radical (unpaired) electrons. The smallest absolute Gasteiger partial charge is 0.0541 e. The Bertz CT molecular complexity index is 2260. The van der Waals surface area contributed by atoms with E-state index < -0.39 is 0 Å². The molecule has 0 aliphatic carbocycles. The second-order valence-electron chi connectivity index (χ2n) is 11.2. The third-order valence-corrected chi connectivity index (χ3v) is 8.65. The molecule has 2 nitrogen and oxygen atoms in total. The van der Waals surface area contributed by atoms with Gasteiger partial charge in [0.05, 0.1) is 16.6 Å². The van der Waals surface area contributed by atoms with E-state index in [1.807, 2.05) is 0 Å². The molecule has 200 valence electrons. The van der Waals surface area contributed by atoms with Crippen LogP contribution in [-0.2, 0) is 0 Å². The lowest BCUT2D eigenvalue weighted by Crippen LogP contribution is -1.95. The molecule has 2 heterocycles. The highest BCUT2D eigenvalue weighted by Crippen LogP contribution is 2.36. The first kappa shape index (κ1) is 24.5. The van der Waals surface area contributed by atoms with Crippen LogP contribution < -0.4 is 0 Å². The summed E-state index contributed by atoms with van der Waals surface area (Å²) in [7, 11) is 0. The minimum absolute atomic E-state index is 1.18. The second-order valence-corrected chi connectivity index (χ2v) is 11.2. The van der Waals surface area contributed by atoms with E-state index in [2.05, 4.69) is 169 Å². The normalized spacial score (nSPS) is 11.6. The van der Waals surface area contributed by atoms with E-state index in [1.165, 1.54) is 77.5 Å². The van der Waals surface area contributed by atoms with Gasteiger partial charge < -0.3 is 9.13 Å². The number of aromatic nitrogens is 2. The molecule has 0 atom stereocenters. The molecule has 0 spiro atoms. The fraction of sp³-hybridized carbons (Fsp3) is 0.0500. The summed E-state index contributed by atoms with van der Waals surface area (Å²) in [6, 6.07) is 50.7. The van der Waals surface area contributed by atoms with Gasteiger partial charge in [-0.25, -0.2) is 0 Å². The first-order valence-corrected chi connectivity index (χ1v) is 14.5. The molecule has 42 heavy (non-hydrogen) atoms. The van der Waals surface area contributed by atoms with Gasteiger partial charge >= 0.3 is 0 Å². The van der Waals surface area contributed by atoms with Gasteiger partial charge in [-0.15, -0.1) is 0 Å². The summed E-state index contributed by atoms with van der Waals surface area (Å²) < 4.78 is 4.67. The van der Waals surface area contributed by atoms with E-state index in [0.29, 0.717) is 0 Å². The lowest BCUT2D eigenvalue weighted by Gasteiger charge is -2.13. The van der Waals surface area contributed by atoms with Crippen molar-refractivity contribution in [2.45, 2.75) is 13.8 Å². The highest BCUT2D eigenvalue weighted by atomic mass is 15.0. The van der Waals surface area contributed by atoms with Crippen molar-refractivity contribution in [1.82, 2.24) is 9.13 Å². The van der Waals surface area contributed by atoms with Gasteiger partial charge in [-0.3, -0.25) is 0 Å². The minimum Gasteiger partial charge on any atom is -0.317 e. The van der Waals surface area contributed by atoms with Gasteiger partial charge in [0, 0.05) is 33.7 Å². The Kier molecular flexibility index (Phi) is 5.61.